The molecule has 0 saturated heterocycles. The van der Waals surface area contributed by atoms with E-state index in [1.54, 1.807) is 13.2 Å². The Balaban J connectivity index is 2.71. The van der Waals surface area contributed by atoms with E-state index in [1.165, 1.54) is 0 Å². The fourth-order valence-corrected chi connectivity index (χ4v) is 1.02. The number of carbonyl (C=O) groups is 2. The molecule has 0 N–H and O–H groups in total. The van der Waals surface area contributed by atoms with E-state index in [-0.39, 0.29) is 6.61 Å². The molecule has 0 bridgehead atoms. The van der Waals surface area contributed by atoms with Crippen LogP contribution in [0, 0.1) is 0 Å². The molecule has 1 heterocycles. The van der Waals surface area contributed by atoms with Gasteiger partial charge in [0.1, 0.15) is 0 Å². The van der Waals surface area contributed by atoms with Crippen molar-refractivity contribution in [2.75, 3.05) is 12.9 Å². The number of esters is 2. The van der Waals surface area contributed by atoms with E-state index in [0.717, 1.165) is 12.0 Å². The summed E-state index contributed by atoms with van der Waals surface area (Å²) in [6, 6.07) is 0. The molecule has 0 saturated carbocycles. The van der Waals surface area contributed by atoms with Gasteiger partial charge < -0.3 is 8.92 Å². The van der Waals surface area contributed by atoms with Crippen LogP contribution in [0.2, 0.25) is 0 Å². The molecule has 0 spiro atoms. The molecule has 0 fully saturated rings. The predicted molar refractivity (Wildman–Crippen MR) is 43.3 cm³/mol. The lowest BCUT2D eigenvalue weighted by Crippen LogP contribution is -2.04. The predicted octanol–water partition coefficient (Wildman–Crippen LogP) is 0.681. The molecular formula is C7H8O4S. The second-order valence-electron chi connectivity index (χ2n) is 2.21. The van der Waals surface area contributed by atoms with Gasteiger partial charge in [0.05, 0.1) is 12.2 Å². The van der Waals surface area contributed by atoms with Crippen LogP contribution in [0.4, 0.5) is 0 Å². The van der Waals surface area contributed by atoms with E-state index in [1.807, 2.05) is 0 Å². The number of carbonyl (C=O) groups excluding carboxylic acids is 2. The highest BCUT2D eigenvalue weighted by atomic mass is 32.2. The molecule has 0 atom stereocenters. The van der Waals surface area contributed by atoms with E-state index in [9.17, 15) is 9.59 Å². The lowest BCUT2D eigenvalue weighted by Gasteiger charge is -1.96. The number of hydrogen-bond donors (Lipinski definition) is 0. The van der Waals surface area contributed by atoms with Crippen molar-refractivity contribution in [3.8, 4) is 0 Å². The Hall–Kier alpha value is -0.810. The van der Waals surface area contributed by atoms with Crippen molar-refractivity contribution in [2.24, 2.45) is 0 Å². The lowest BCUT2D eigenvalue weighted by molar-refractivity contribution is -0.151. The summed E-state index contributed by atoms with van der Waals surface area (Å²) in [7, 11) is 0. The summed E-state index contributed by atoms with van der Waals surface area (Å²) in [6.45, 7) is 1.67. The summed E-state index contributed by atoms with van der Waals surface area (Å²) in [6.07, 6.45) is 1.73. The maximum Gasteiger partial charge on any atom is 0.344 e. The minimum atomic E-state index is -0.591. The van der Waals surface area contributed by atoms with E-state index in [4.69, 9.17) is 4.18 Å². The van der Waals surface area contributed by atoms with Gasteiger partial charge in [-0.05, 0) is 19.0 Å². The Labute approximate surface area is 74.1 Å². The van der Waals surface area contributed by atoms with Gasteiger partial charge in [-0.1, -0.05) is 0 Å². The first-order valence-corrected chi connectivity index (χ1v) is 4.43. The fraction of sp³-hybridized carbons (Fsp3) is 0.429. The zero-order chi connectivity index (χ0) is 9.14. The van der Waals surface area contributed by atoms with Crippen LogP contribution >= 0.6 is 12.0 Å². The number of hydrogen-bond acceptors (Lipinski definition) is 5. The van der Waals surface area contributed by atoms with Crippen molar-refractivity contribution in [3.63, 3.8) is 0 Å². The van der Waals surface area contributed by atoms with Crippen molar-refractivity contribution >= 4 is 24.0 Å². The van der Waals surface area contributed by atoms with Crippen LogP contribution in [0.5, 0.6) is 0 Å². The van der Waals surface area contributed by atoms with Crippen molar-refractivity contribution < 1.29 is 18.5 Å². The Bertz CT molecular complexity index is 256. The molecule has 1 aliphatic rings. The third kappa shape index (κ3) is 1.67. The Morgan fingerprint density at radius 1 is 1.42 bits per heavy atom. The minimum Gasteiger partial charge on any atom is -0.386 e. The minimum absolute atomic E-state index is 0.123. The van der Waals surface area contributed by atoms with Crippen LogP contribution in [-0.2, 0) is 18.5 Å². The molecule has 0 amide bonds. The highest BCUT2D eigenvalue weighted by Crippen LogP contribution is 2.17. The van der Waals surface area contributed by atoms with Gasteiger partial charge in [0, 0.05) is 11.8 Å². The average molecular weight is 188 g/mol. The SMILES string of the molecule is CSOCC1=C(C)C(=O)OC1=O. The molecule has 12 heavy (non-hydrogen) atoms. The van der Waals surface area contributed by atoms with Crippen LogP contribution in [0.3, 0.4) is 0 Å². The molecule has 1 rings (SSSR count). The molecule has 5 heteroatoms. The van der Waals surface area contributed by atoms with Gasteiger partial charge >= 0.3 is 11.9 Å². The van der Waals surface area contributed by atoms with Gasteiger partial charge in [0.25, 0.3) is 0 Å². The van der Waals surface area contributed by atoms with Gasteiger partial charge in [-0.2, -0.15) is 0 Å². The molecule has 0 aromatic rings. The smallest absolute Gasteiger partial charge is 0.344 e. The lowest BCUT2D eigenvalue weighted by atomic mass is 10.2. The van der Waals surface area contributed by atoms with Crippen molar-refractivity contribution in [2.45, 2.75) is 6.92 Å². The second-order valence-corrected chi connectivity index (χ2v) is 2.78. The van der Waals surface area contributed by atoms with Crippen LogP contribution in [0.1, 0.15) is 6.92 Å². The van der Waals surface area contributed by atoms with E-state index >= 15 is 0 Å². The molecule has 66 valence electrons. The van der Waals surface area contributed by atoms with Gasteiger partial charge in [0.2, 0.25) is 0 Å². The second kappa shape index (κ2) is 3.73. The Morgan fingerprint density at radius 3 is 2.50 bits per heavy atom. The standard InChI is InChI=1S/C7H8O4S/c1-4-5(3-10-12-2)7(9)11-6(4)8/h3H2,1-2H3. The molecule has 0 aromatic carbocycles. The van der Waals surface area contributed by atoms with Gasteiger partial charge in [-0.3, -0.25) is 0 Å². The van der Waals surface area contributed by atoms with Gasteiger partial charge in [0.15, 0.2) is 0 Å². The quantitative estimate of drug-likeness (QED) is 0.370. The highest BCUT2D eigenvalue weighted by Gasteiger charge is 2.29. The van der Waals surface area contributed by atoms with Crippen molar-refractivity contribution in [1.82, 2.24) is 0 Å². The third-order valence-electron chi connectivity index (χ3n) is 1.51. The first-order valence-electron chi connectivity index (χ1n) is 3.28. The van der Waals surface area contributed by atoms with Crippen LogP contribution in [0.25, 0.3) is 0 Å². The molecule has 4 nitrogen and oxygen atoms in total. The normalized spacial score (nSPS) is 17.2. The van der Waals surface area contributed by atoms with Crippen LogP contribution in [0.15, 0.2) is 11.1 Å². The summed E-state index contributed by atoms with van der Waals surface area (Å²) >= 11 is 1.14. The molecule has 1 aliphatic heterocycles. The number of rotatable bonds is 3. The molecule has 0 radical (unpaired) electrons. The molecule has 0 aromatic heterocycles. The van der Waals surface area contributed by atoms with E-state index in [2.05, 4.69) is 4.74 Å². The summed E-state index contributed by atoms with van der Waals surface area (Å²) in [4.78, 5) is 21.7. The zero-order valence-corrected chi connectivity index (χ0v) is 7.56. The number of ether oxygens (including phenoxy) is 1. The zero-order valence-electron chi connectivity index (χ0n) is 6.75. The topological polar surface area (TPSA) is 52.6 Å². The third-order valence-corrected chi connectivity index (χ3v) is 1.87. The van der Waals surface area contributed by atoms with Crippen LogP contribution < -0.4 is 0 Å². The maximum absolute atomic E-state index is 10.9. The summed E-state index contributed by atoms with van der Waals surface area (Å²) in [5.41, 5.74) is 0.656. The average Bonchev–Trinajstić information content (AvgIpc) is 2.25. The first kappa shape index (κ1) is 9.28. The largest absolute Gasteiger partial charge is 0.386 e. The van der Waals surface area contributed by atoms with Crippen molar-refractivity contribution in [1.29, 1.82) is 0 Å². The first-order chi connectivity index (χ1) is 5.66. The summed E-state index contributed by atoms with van der Waals surface area (Å²) in [5, 5.41) is 0. The summed E-state index contributed by atoms with van der Waals surface area (Å²) in [5.74, 6) is -1.16. The van der Waals surface area contributed by atoms with Crippen LogP contribution in [-0.4, -0.2) is 24.8 Å². The van der Waals surface area contributed by atoms with E-state index < -0.39 is 11.9 Å². The van der Waals surface area contributed by atoms with E-state index in [0.29, 0.717) is 11.1 Å². The fourth-order valence-electron chi connectivity index (χ4n) is 0.784. The monoisotopic (exact) mass is 188 g/mol. The molecule has 0 aliphatic carbocycles. The van der Waals surface area contributed by atoms with Gasteiger partial charge in [-0.25, -0.2) is 9.59 Å². The summed E-state index contributed by atoms with van der Waals surface area (Å²) < 4.78 is 9.25. The Kier molecular flexibility index (Phi) is 2.88. The number of cyclic esters (lactones) is 2. The highest BCUT2D eigenvalue weighted by molar-refractivity contribution is 7.93. The maximum atomic E-state index is 10.9. The molecule has 0 unspecified atom stereocenters. The molecular weight excluding hydrogens is 180 g/mol. The van der Waals surface area contributed by atoms with Crippen molar-refractivity contribution in [3.05, 3.63) is 11.1 Å². The Morgan fingerprint density at radius 2 is 2.08 bits per heavy atom. The van der Waals surface area contributed by atoms with Gasteiger partial charge in [-0.15, -0.1) is 0 Å².